The topological polar surface area (TPSA) is 64.5 Å². The number of rotatable bonds is 3. The van der Waals surface area contributed by atoms with Gasteiger partial charge in [0.05, 0.1) is 0 Å². The maximum Gasteiger partial charge on any atom is 0.182 e. The fourth-order valence-corrected chi connectivity index (χ4v) is 4.65. The Kier molecular flexibility index (Phi) is 4.08. The van der Waals surface area contributed by atoms with E-state index in [1.807, 2.05) is 36.4 Å². The first-order valence-electron chi connectivity index (χ1n) is 11.1. The third-order valence-corrected chi connectivity index (χ3v) is 6.19. The van der Waals surface area contributed by atoms with E-state index in [1.54, 1.807) is 12.4 Å². The van der Waals surface area contributed by atoms with Gasteiger partial charge in [-0.05, 0) is 62.6 Å². The highest BCUT2D eigenvalue weighted by Gasteiger charge is 2.17. The Labute approximate surface area is 195 Å². The van der Waals surface area contributed by atoms with E-state index in [9.17, 15) is 0 Å². The molecule has 0 aliphatic rings. The zero-order valence-corrected chi connectivity index (χ0v) is 18.1. The lowest BCUT2D eigenvalue weighted by molar-refractivity contribution is 1.05. The van der Waals surface area contributed by atoms with Gasteiger partial charge in [-0.2, -0.15) is 0 Å². The van der Waals surface area contributed by atoms with Crippen LogP contribution >= 0.6 is 0 Å². The molecule has 0 bridgehead atoms. The molecule has 0 amide bonds. The zero-order chi connectivity index (χ0) is 22.5. The van der Waals surface area contributed by atoms with Crippen molar-refractivity contribution in [1.29, 1.82) is 0 Å². The van der Waals surface area contributed by atoms with Crippen molar-refractivity contribution < 1.29 is 0 Å². The Morgan fingerprint density at radius 2 is 0.971 bits per heavy atom. The van der Waals surface area contributed by atoms with Gasteiger partial charge in [0.1, 0.15) is 11.4 Å². The van der Waals surface area contributed by atoms with Crippen LogP contribution in [0.25, 0.3) is 66.7 Å². The lowest BCUT2D eigenvalue weighted by Gasteiger charge is -2.14. The lowest BCUT2D eigenvalue weighted by Crippen LogP contribution is -2.02. The van der Waals surface area contributed by atoms with Gasteiger partial charge in [-0.15, -0.1) is 0 Å². The molecule has 0 atom stereocenters. The van der Waals surface area contributed by atoms with Gasteiger partial charge in [0.25, 0.3) is 0 Å². The third-order valence-electron chi connectivity index (χ3n) is 6.19. The van der Waals surface area contributed by atoms with Gasteiger partial charge in [-0.1, -0.05) is 60.7 Å². The average Bonchev–Trinajstić information content (AvgIpc) is 2.92. The van der Waals surface area contributed by atoms with Crippen LogP contribution in [0.5, 0.6) is 0 Å². The summed E-state index contributed by atoms with van der Waals surface area (Å²) in [5.74, 6) is 1.66. The molecule has 7 rings (SSSR count). The first kappa shape index (κ1) is 18.8. The van der Waals surface area contributed by atoms with Gasteiger partial charge >= 0.3 is 0 Å². The molecule has 0 spiro atoms. The summed E-state index contributed by atoms with van der Waals surface area (Å²) in [5.41, 5.74) is 2.35. The van der Waals surface area contributed by atoms with Crippen LogP contribution in [0.2, 0.25) is 0 Å². The average molecular weight is 435 g/mol. The molecule has 0 unspecified atom stereocenters. The van der Waals surface area contributed by atoms with Crippen molar-refractivity contribution in [2.75, 3.05) is 0 Å². The molecule has 0 saturated heterocycles. The van der Waals surface area contributed by atoms with E-state index in [4.69, 9.17) is 15.0 Å². The molecule has 0 N–H and O–H groups in total. The maximum atomic E-state index is 4.87. The maximum absolute atomic E-state index is 4.87. The van der Waals surface area contributed by atoms with Crippen molar-refractivity contribution in [1.82, 2.24) is 24.9 Å². The lowest BCUT2D eigenvalue weighted by atomic mass is 9.92. The van der Waals surface area contributed by atoms with Crippen LogP contribution in [0, 0.1) is 0 Å². The summed E-state index contributed by atoms with van der Waals surface area (Å²) in [6, 6.07) is 30.8. The highest BCUT2D eigenvalue weighted by molar-refractivity contribution is 6.25. The number of aromatic nitrogens is 5. The smallest absolute Gasteiger partial charge is 0.182 e. The SMILES string of the molecule is c1ccc(-c2nc(-c3ccccn3)nc(-c3ccc4ccc5cccc6ccc3c4c56)n2)nc1. The molecule has 5 nitrogen and oxygen atoms in total. The summed E-state index contributed by atoms with van der Waals surface area (Å²) in [6.07, 6.45) is 3.49. The Morgan fingerprint density at radius 1 is 0.412 bits per heavy atom. The highest BCUT2D eigenvalue weighted by atomic mass is 15.1. The van der Waals surface area contributed by atoms with Crippen LogP contribution in [0.15, 0.2) is 103 Å². The molecule has 0 aliphatic carbocycles. The van der Waals surface area contributed by atoms with Gasteiger partial charge in [0.2, 0.25) is 0 Å². The fourth-order valence-electron chi connectivity index (χ4n) is 4.65. The first-order chi connectivity index (χ1) is 16.8. The van der Waals surface area contributed by atoms with E-state index in [0.717, 1.165) is 10.9 Å². The largest absolute Gasteiger partial charge is 0.253 e. The molecule has 158 valence electrons. The van der Waals surface area contributed by atoms with Gasteiger partial charge in [0, 0.05) is 18.0 Å². The quantitative estimate of drug-likeness (QED) is 0.294. The summed E-state index contributed by atoms with van der Waals surface area (Å²) in [6.45, 7) is 0. The number of pyridine rings is 2. The van der Waals surface area contributed by atoms with E-state index in [2.05, 4.69) is 64.6 Å². The highest BCUT2D eigenvalue weighted by Crippen LogP contribution is 2.38. The van der Waals surface area contributed by atoms with Crippen molar-refractivity contribution >= 4 is 32.3 Å². The molecular formula is C29H17N5. The molecule has 0 saturated carbocycles. The minimum absolute atomic E-state index is 0.525. The summed E-state index contributed by atoms with van der Waals surface area (Å²) in [7, 11) is 0. The summed E-state index contributed by atoms with van der Waals surface area (Å²) < 4.78 is 0. The van der Waals surface area contributed by atoms with Gasteiger partial charge in [-0.3, -0.25) is 9.97 Å². The van der Waals surface area contributed by atoms with Crippen molar-refractivity contribution in [2.45, 2.75) is 0 Å². The monoisotopic (exact) mass is 435 g/mol. The van der Waals surface area contributed by atoms with E-state index < -0.39 is 0 Å². The molecule has 5 heteroatoms. The molecule has 0 radical (unpaired) electrons. The molecule has 4 aromatic carbocycles. The molecule has 0 aliphatic heterocycles. The van der Waals surface area contributed by atoms with E-state index >= 15 is 0 Å². The minimum Gasteiger partial charge on any atom is -0.253 e. The second kappa shape index (κ2) is 7.39. The zero-order valence-electron chi connectivity index (χ0n) is 18.1. The van der Waals surface area contributed by atoms with Crippen molar-refractivity contribution in [3.63, 3.8) is 0 Å². The normalized spacial score (nSPS) is 11.5. The van der Waals surface area contributed by atoms with Crippen LogP contribution in [-0.2, 0) is 0 Å². The molecular weight excluding hydrogens is 418 g/mol. The molecule has 34 heavy (non-hydrogen) atoms. The van der Waals surface area contributed by atoms with Crippen molar-refractivity contribution in [2.24, 2.45) is 0 Å². The second-order valence-corrected chi connectivity index (χ2v) is 8.21. The number of nitrogens with zero attached hydrogens (tertiary/aromatic N) is 5. The van der Waals surface area contributed by atoms with Gasteiger partial charge in [0.15, 0.2) is 17.5 Å². The molecule has 0 fully saturated rings. The van der Waals surface area contributed by atoms with Crippen LogP contribution in [0.3, 0.4) is 0 Å². The number of benzene rings is 4. The first-order valence-corrected chi connectivity index (χ1v) is 11.1. The Morgan fingerprint density at radius 3 is 1.59 bits per heavy atom. The third kappa shape index (κ3) is 2.91. The Hall–Kier alpha value is -4.77. The number of hydrogen-bond acceptors (Lipinski definition) is 5. The molecule has 3 heterocycles. The Balaban J connectivity index is 1.54. The van der Waals surface area contributed by atoms with Crippen LogP contribution < -0.4 is 0 Å². The van der Waals surface area contributed by atoms with E-state index in [0.29, 0.717) is 28.9 Å². The van der Waals surface area contributed by atoms with Crippen molar-refractivity contribution in [3.8, 4) is 34.4 Å². The predicted molar refractivity (Wildman–Crippen MR) is 135 cm³/mol. The second-order valence-electron chi connectivity index (χ2n) is 8.21. The Bertz CT molecular complexity index is 1720. The van der Waals surface area contributed by atoms with Crippen LogP contribution in [-0.4, -0.2) is 24.9 Å². The molecule has 3 aromatic heterocycles. The van der Waals surface area contributed by atoms with Gasteiger partial charge < -0.3 is 0 Å². The van der Waals surface area contributed by atoms with Crippen LogP contribution in [0.4, 0.5) is 0 Å². The molecule has 7 aromatic rings. The van der Waals surface area contributed by atoms with Gasteiger partial charge in [-0.25, -0.2) is 15.0 Å². The minimum atomic E-state index is 0.525. The summed E-state index contributed by atoms with van der Waals surface area (Å²) in [4.78, 5) is 23.4. The van der Waals surface area contributed by atoms with Crippen LogP contribution in [0.1, 0.15) is 0 Å². The summed E-state index contributed by atoms with van der Waals surface area (Å²) in [5, 5.41) is 7.27. The number of hydrogen-bond donors (Lipinski definition) is 0. The van der Waals surface area contributed by atoms with Crippen molar-refractivity contribution in [3.05, 3.63) is 103 Å². The predicted octanol–water partition coefficient (Wildman–Crippen LogP) is 6.56. The standard InChI is InChI=1S/C29H17N5/c1-3-16-30-23(8-1)28-32-27(33-29(34-28)24-9-2-4-17-31-24)22-15-13-20-11-10-18-6-5-7-19-12-14-21(22)26(20)25(18)19/h1-17H. The fraction of sp³-hybridized carbons (Fsp3) is 0. The summed E-state index contributed by atoms with van der Waals surface area (Å²) >= 11 is 0. The van der Waals surface area contributed by atoms with E-state index in [1.165, 1.54) is 26.9 Å². The van der Waals surface area contributed by atoms with E-state index in [-0.39, 0.29) is 0 Å².